The normalized spacial score (nSPS) is 22.3. The fourth-order valence-electron chi connectivity index (χ4n) is 2.03. The van der Waals surface area contributed by atoms with Crippen molar-refractivity contribution in [1.82, 2.24) is 10.2 Å². The number of rotatable bonds is 4. The van der Waals surface area contributed by atoms with Crippen molar-refractivity contribution in [3.05, 3.63) is 0 Å². The molecule has 1 aliphatic rings. The number of likely N-dealkylation sites (N-methyl/N-ethyl adjacent to an activating group) is 1. The molecule has 0 radical (unpaired) electrons. The molecule has 0 aromatic carbocycles. The van der Waals surface area contributed by atoms with Crippen LogP contribution in [0.5, 0.6) is 0 Å². The Balaban J connectivity index is 2.48. The second kappa shape index (κ2) is 6.23. The summed E-state index contributed by atoms with van der Waals surface area (Å²) in [6.07, 6.45) is 2.00. The lowest BCUT2D eigenvalue weighted by atomic mass is 10.0. The van der Waals surface area contributed by atoms with Gasteiger partial charge in [0.2, 0.25) is 0 Å². The first-order valence-electron chi connectivity index (χ1n) is 5.77. The summed E-state index contributed by atoms with van der Waals surface area (Å²) in [4.78, 5) is 34.8. The number of aliphatic carboxylic acids is 1. The zero-order valence-electron chi connectivity index (χ0n) is 10.5. The quantitative estimate of drug-likeness (QED) is 0.695. The molecule has 2 amide bonds. The maximum absolute atomic E-state index is 11.7. The number of nitrogens with one attached hydrogen (secondary N) is 1. The summed E-state index contributed by atoms with van der Waals surface area (Å²) >= 11 is 0. The lowest BCUT2D eigenvalue weighted by molar-refractivity contribution is -0.142. The Morgan fingerprint density at radius 1 is 1.39 bits per heavy atom. The molecule has 0 heterocycles. The molecule has 18 heavy (non-hydrogen) atoms. The number of ether oxygens (including phenoxy) is 1. The average Bonchev–Trinajstić information content (AvgIpc) is 2.76. The number of hydrogen-bond acceptors (Lipinski definition) is 4. The summed E-state index contributed by atoms with van der Waals surface area (Å²) in [6.45, 7) is -0.160. The standard InChI is InChI=1S/C11H18N2O5/c1-13(6-9(14)18-2)11(17)12-8-5-3-4-7(8)10(15)16/h7-8H,3-6H2,1-2H3,(H,12,17)(H,15,16). The topological polar surface area (TPSA) is 95.9 Å². The molecule has 0 spiro atoms. The molecule has 2 unspecified atom stereocenters. The van der Waals surface area contributed by atoms with E-state index in [0.717, 1.165) is 6.42 Å². The highest BCUT2D eigenvalue weighted by Gasteiger charge is 2.34. The van der Waals surface area contributed by atoms with Crippen molar-refractivity contribution in [3.63, 3.8) is 0 Å². The molecular weight excluding hydrogens is 240 g/mol. The first-order valence-corrected chi connectivity index (χ1v) is 5.77. The molecule has 102 valence electrons. The monoisotopic (exact) mass is 258 g/mol. The number of urea groups is 1. The maximum atomic E-state index is 11.7. The zero-order valence-corrected chi connectivity index (χ0v) is 10.5. The Kier molecular flexibility index (Phi) is 4.94. The predicted molar refractivity (Wildman–Crippen MR) is 61.9 cm³/mol. The molecule has 0 aromatic heterocycles. The largest absolute Gasteiger partial charge is 0.481 e. The molecule has 0 aromatic rings. The van der Waals surface area contributed by atoms with Gasteiger partial charge >= 0.3 is 18.0 Å². The molecule has 2 N–H and O–H groups in total. The smallest absolute Gasteiger partial charge is 0.325 e. The van der Waals surface area contributed by atoms with Gasteiger partial charge in [-0.3, -0.25) is 9.59 Å². The highest BCUT2D eigenvalue weighted by atomic mass is 16.5. The summed E-state index contributed by atoms with van der Waals surface area (Å²) in [5, 5.41) is 11.6. The van der Waals surface area contributed by atoms with Crippen LogP contribution in [0.4, 0.5) is 4.79 Å². The van der Waals surface area contributed by atoms with Gasteiger partial charge in [-0.25, -0.2) is 4.79 Å². The number of hydrogen-bond donors (Lipinski definition) is 2. The van der Waals surface area contributed by atoms with Crippen molar-refractivity contribution in [3.8, 4) is 0 Å². The van der Waals surface area contributed by atoms with Crippen LogP contribution in [0.3, 0.4) is 0 Å². The third kappa shape index (κ3) is 3.61. The molecule has 0 aliphatic heterocycles. The van der Waals surface area contributed by atoms with E-state index >= 15 is 0 Å². The van der Waals surface area contributed by atoms with Crippen LogP contribution in [0.2, 0.25) is 0 Å². The van der Waals surface area contributed by atoms with Crippen LogP contribution in [0.25, 0.3) is 0 Å². The molecule has 7 heteroatoms. The highest BCUT2D eigenvalue weighted by molar-refractivity contribution is 5.81. The van der Waals surface area contributed by atoms with Gasteiger partial charge in [0.05, 0.1) is 13.0 Å². The number of amides is 2. The Morgan fingerprint density at radius 2 is 2.06 bits per heavy atom. The molecule has 1 fully saturated rings. The van der Waals surface area contributed by atoms with Gasteiger partial charge in [-0.05, 0) is 12.8 Å². The first kappa shape index (κ1) is 14.3. The molecule has 0 saturated heterocycles. The molecule has 2 atom stereocenters. The summed E-state index contributed by atoms with van der Waals surface area (Å²) < 4.78 is 4.45. The lowest BCUT2D eigenvalue weighted by Crippen LogP contribution is -2.47. The van der Waals surface area contributed by atoms with Crippen LogP contribution in [0, 0.1) is 5.92 Å². The van der Waals surface area contributed by atoms with Crippen LogP contribution in [-0.2, 0) is 14.3 Å². The van der Waals surface area contributed by atoms with E-state index in [2.05, 4.69) is 10.1 Å². The minimum Gasteiger partial charge on any atom is -0.481 e. The third-order valence-electron chi connectivity index (χ3n) is 3.08. The molecule has 1 rings (SSSR count). The van der Waals surface area contributed by atoms with Crippen LogP contribution in [0.1, 0.15) is 19.3 Å². The van der Waals surface area contributed by atoms with E-state index in [1.807, 2.05) is 0 Å². The fourth-order valence-corrected chi connectivity index (χ4v) is 2.03. The first-order chi connectivity index (χ1) is 8.45. The van der Waals surface area contributed by atoms with Gasteiger partial charge in [0.25, 0.3) is 0 Å². The van der Waals surface area contributed by atoms with Gasteiger partial charge in [-0.15, -0.1) is 0 Å². The van der Waals surface area contributed by atoms with Crippen LogP contribution in [-0.4, -0.2) is 54.7 Å². The van der Waals surface area contributed by atoms with E-state index in [1.54, 1.807) is 0 Å². The Morgan fingerprint density at radius 3 is 2.61 bits per heavy atom. The van der Waals surface area contributed by atoms with Crippen molar-refractivity contribution < 1.29 is 24.2 Å². The number of nitrogens with zero attached hydrogens (tertiary/aromatic N) is 1. The molecule has 0 bridgehead atoms. The van der Waals surface area contributed by atoms with Crippen molar-refractivity contribution >= 4 is 18.0 Å². The van der Waals surface area contributed by atoms with Crippen molar-refractivity contribution in [2.24, 2.45) is 5.92 Å². The fraction of sp³-hybridized carbons (Fsp3) is 0.727. The number of carbonyl (C=O) groups excluding carboxylic acids is 2. The lowest BCUT2D eigenvalue weighted by Gasteiger charge is -2.22. The number of methoxy groups -OCH3 is 1. The second-order valence-corrected chi connectivity index (χ2v) is 4.36. The highest BCUT2D eigenvalue weighted by Crippen LogP contribution is 2.25. The van der Waals surface area contributed by atoms with E-state index in [0.29, 0.717) is 12.8 Å². The summed E-state index contributed by atoms with van der Waals surface area (Å²) in [5.74, 6) is -1.96. The van der Waals surface area contributed by atoms with Crippen molar-refractivity contribution in [2.75, 3.05) is 20.7 Å². The molecule has 1 saturated carbocycles. The van der Waals surface area contributed by atoms with Crippen LogP contribution in [0.15, 0.2) is 0 Å². The molecule has 1 aliphatic carbocycles. The number of carbonyl (C=O) groups is 3. The SMILES string of the molecule is COC(=O)CN(C)C(=O)NC1CCCC1C(=O)O. The van der Waals surface area contributed by atoms with E-state index in [9.17, 15) is 14.4 Å². The minimum absolute atomic E-state index is 0.160. The van der Waals surface area contributed by atoms with E-state index in [4.69, 9.17) is 5.11 Å². The van der Waals surface area contributed by atoms with Gasteiger partial charge in [0.15, 0.2) is 0 Å². The second-order valence-electron chi connectivity index (χ2n) is 4.36. The average molecular weight is 258 g/mol. The van der Waals surface area contributed by atoms with Gasteiger partial charge in [0.1, 0.15) is 6.54 Å². The summed E-state index contributed by atoms with van der Waals surface area (Å²) in [5.41, 5.74) is 0. The third-order valence-corrected chi connectivity index (χ3v) is 3.08. The Labute approximate surface area is 105 Å². The Bertz CT molecular complexity index is 344. The number of carboxylic acids is 1. The van der Waals surface area contributed by atoms with Crippen LogP contribution >= 0.6 is 0 Å². The van der Waals surface area contributed by atoms with Crippen LogP contribution < -0.4 is 5.32 Å². The molecular formula is C11H18N2O5. The molecule has 7 nitrogen and oxygen atoms in total. The van der Waals surface area contributed by atoms with Gasteiger partial charge < -0.3 is 20.1 Å². The maximum Gasteiger partial charge on any atom is 0.325 e. The Hall–Kier alpha value is -1.79. The van der Waals surface area contributed by atoms with E-state index in [1.165, 1.54) is 19.1 Å². The van der Waals surface area contributed by atoms with Gasteiger partial charge in [0, 0.05) is 13.1 Å². The van der Waals surface area contributed by atoms with E-state index < -0.39 is 23.9 Å². The van der Waals surface area contributed by atoms with Crippen molar-refractivity contribution in [1.29, 1.82) is 0 Å². The number of esters is 1. The minimum atomic E-state index is -0.895. The predicted octanol–water partition coefficient (Wildman–Crippen LogP) is 0.0541. The van der Waals surface area contributed by atoms with E-state index in [-0.39, 0.29) is 12.6 Å². The van der Waals surface area contributed by atoms with Gasteiger partial charge in [-0.1, -0.05) is 6.42 Å². The zero-order chi connectivity index (χ0) is 13.7. The van der Waals surface area contributed by atoms with Gasteiger partial charge in [-0.2, -0.15) is 0 Å². The number of carboxylic acid groups (broad SMARTS) is 1. The summed E-state index contributed by atoms with van der Waals surface area (Å²) in [7, 11) is 2.70. The van der Waals surface area contributed by atoms with Crippen molar-refractivity contribution in [2.45, 2.75) is 25.3 Å². The summed E-state index contributed by atoms with van der Waals surface area (Å²) in [6, 6.07) is -0.825.